The third-order valence-electron chi connectivity index (χ3n) is 2.01. The fourth-order valence-electron chi connectivity index (χ4n) is 1.22. The van der Waals surface area contributed by atoms with Crippen LogP contribution in [0.5, 0.6) is 5.75 Å². The lowest BCUT2D eigenvalue weighted by Gasteiger charge is -2.06. The summed E-state index contributed by atoms with van der Waals surface area (Å²) in [4.78, 5) is 4.67. The van der Waals surface area contributed by atoms with Gasteiger partial charge in [-0.15, -0.1) is 11.3 Å². The minimum Gasteiger partial charge on any atom is -0.503 e. The van der Waals surface area contributed by atoms with E-state index in [2.05, 4.69) is 10.3 Å². The number of aromatic nitrogens is 1. The summed E-state index contributed by atoms with van der Waals surface area (Å²) in [6, 6.07) is 2.03. The van der Waals surface area contributed by atoms with Crippen LogP contribution in [0.25, 0.3) is 0 Å². The van der Waals surface area contributed by atoms with Crippen molar-refractivity contribution in [1.82, 2.24) is 4.98 Å². The Labute approximate surface area is 105 Å². The molecule has 1 heterocycles. The van der Waals surface area contributed by atoms with Gasteiger partial charge in [-0.3, -0.25) is 0 Å². The van der Waals surface area contributed by atoms with Crippen molar-refractivity contribution in [1.29, 1.82) is 0 Å². The fourth-order valence-corrected chi connectivity index (χ4v) is 2.14. The third kappa shape index (κ3) is 2.83. The van der Waals surface area contributed by atoms with E-state index in [1.807, 2.05) is 0 Å². The number of benzene rings is 1. The summed E-state index contributed by atoms with van der Waals surface area (Å²) in [7, 11) is 0. The first-order chi connectivity index (χ1) is 8.06. The highest BCUT2D eigenvalue weighted by molar-refractivity contribution is 7.15. The Bertz CT molecular complexity index is 524. The molecule has 0 aliphatic heterocycles. The van der Waals surface area contributed by atoms with Crippen LogP contribution in [-0.2, 0) is 6.54 Å². The summed E-state index contributed by atoms with van der Waals surface area (Å²) >= 11 is 6.91. The molecule has 0 fully saturated rings. The van der Waals surface area contributed by atoms with Crippen molar-refractivity contribution >= 4 is 28.6 Å². The first-order valence-corrected chi connectivity index (χ1v) is 5.78. The molecule has 0 radical (unpaired) electrons. The lowest BCUT2D eigenvalue weighted by atomic mass is 10.2. The summed E-state index contributed by atoms with van der Waals surface area (Å²) in [5, 5.41) is 11.7. The highest BCUT2D eigenvalue weighted by Gasteiger charge is 2.09. The minimum absolute atomic E-state index is 0.238. The molecule has 1 aromatic heterocycles. The summed E-state index contributed by atoms with van der Waals surface area (Å²) in [5.41, 5.74) is 0.238. The summed E-state index contributed by atoms with van der Waals surface area (Å²) < 4.78 is 26.4. The lowest BCUT2D eigenvalue weighted by Crippen LogP contribution is -1.98. The molecule has 0 saturated carbocycles. The zero-order valence-electron chi connectivity index (χ0n) is 8.38. The molecule has 2 rings (SSSR count). The Morgan fingerprint density at radius 1 is 1.35 bits per heavy atom. The smallest absolute Gasteiger partial charge is 0.187 e. The molecule has 17 heavy (non-hydrogen) atoms. The van der Waals surface area contributed by atoms with Gasteiger partial charge in [-0.05, 0) is 0 Å². The summed E-state index contributed by atoms with van der Waals surface area (Å²) in [6.07, 6.45) is 1.58. The summed E-state index contributed by atoms with van der Waals surface area (Å²) in [5.74, 6) is -2.99. The molecule has 0 amide bonds. The van der Waals surface area contributed by atoms with Gasteiger partial charge in [0.05, 0.1) is 6.54 Å². The predicted molar refractivity (Wildman–Crippen MR) is 62.5 cm³/mol. The van der Waals surface area contributed by atoms with Gasteiger partial charge in [0.15, 0.2) is 21.9 Å². The van der Waals surface area contributed by atoms with Crippen molar-refractivity contribution < 1.29 is 13.9 Å². The minimum atomic E-state index is -1.00. The van der Waals surface area contributed by atoms with E-state index in [0.717, 1.165) is 17.0 Å². The van der Waals surface area contributed by atoms with Gasteiger partial charge in [0.2, 0.25) is 0 Å². The van der Waals surface area contributed by atoms with E-state index >= 15 is 0 Å². The highest BCUT2D eigenvalue weighted by Crippen LogP contribution is 2.25. The molecular formula is C10H7ClF2N2OS. The SMILES string of the molecule is Oc1c(F)cc(NCc2cnc(Cl)s2)cc1F. The number of aromatic hydroxyl groups is 1. The summed E-state index contributed by atoms with van der Waals surface area (Å²) in [6.45, 7) is 0.355. The molecule has 0 bridgehead atoms. The molecule has 0 aliphatic rings. The van der Waals surface area contributed by atoms with Gasteiger partial charge >= 0.3 is 0 Å². The maximum Gasteiger partial charge on any atom is 0.187 e. The number of thiazole rings is 1. The molecule has 0 spiro atoms. The van der Waals surface area contributed by atoms with Gasteiger partial charge in [0.1, 0.15) is 0 Å². The van der Waals surface area contributed by atoms with E-state index in [4.69, 9.17) is 16.7 Å². The zero-order valence-corrected chi connectivity index (χ0v) is 9.95. The van der Waals surface area contributed by atoms with Crippen LogP contribution in [0.2, 0.25) is 4.47 Å². The van der Waals surface area contributed by atoms with Gasteiger partial charge in [0, 0.05) is 28.9 Å². The normalized spacial score (nSPS) is 10.5. The molecule has 0 saturated heterocycles. The second-order valence-corrected chi connectivity index (χ2v) is 4.92. The van der Waals surface area contributed by atoms with Crippen LogP contribution in [0, 0.1) is 11.6 Å². The predicted octanol–water partition coefficient (Wildman–Crippen LogP) is 3.39. The van der Waals surface area contributed by atoms with Crippen molar-refractivity contribution in [3.8, 4) is 5.75 Å². The number of hydrogen-bond donors (Lipinski definition) is 2. The number of hydrogen-bond acceptors (Lipinski definition) is 4. The number of anilines is 1. The molecule has 0 atom stereocenters. The number of rotatable bonds is 3. The Kier molecular flexibility index (Phi) is 3.44. The van der Waals surface area contributed by atoms with Crippen molar-refractivity contribution in [2.45, 2.75) is 6.54 Å². The van der Waals surface area contributed by atoms with Gasteiger partial charge in [0.25, 0.3) is 0 Å². The van der Waals surface area contributed by atoms with Gasteiger partial charge in [-0.1, -0.05) is 11.6 Å². The first kappa shape index (κ1) is 12.1. The van der Waals surface area contributed by atoms with E-state index in [0.29, 0.717) is 11.0 Å². The molecular weight excluding hydrogens is 270 g/mol. The largest absolute Gasteiger partial charge is 0.503 e. The van der Waals surface area contributed by atoms with E-state index in [9.17, 15) is 8.78 Å². The van der Waals surface area contributed by atoms with Crippen LogP contribution >= 0.6 is 22.9 Å². The van der Waals surface area contributed by atoms with E-state index in [-0.39, 0.29) is 5.69 Å². The second-order valence-electron chi connectivity index (χ2n) is 3.22. The lowest BCUT2D eigenvalue weighted by molar-refractivity contribution is 0.396. The second kappa shape index (κ2) is 4.85. The van der Waals surface area contributed by atoms with Crippen LogP contribution in [-0.4, -0.2) is 10.1 Å². The molecule has 2 aromatic rings. The van der Waals surface area contributed by atoms with Gasteiger partial charge in [-0.25, -0.2) is 13.8 Å². The van der Waals surface area contributed by atoms with Crippen LogP contribution in [0.15, 0.2) is 18.3 Å². The maximum absolute atomic E-state index is 13.0. The third-order valence-corrected chi connectivity index (χ3v) is 3.12. The number of nitrogens with zero attached hydrogens (tertiary/aromatic N) is 1. The molecule has 3 nitrogen and oxygen atoms in total. The van der Waals surface area contributed by atoms with Crippen molar-refractivity contribution in [2.24, 2.45) is 0 Å². The number of phenols is 1. The topological polar surface area (TPSA) is 45.1 Å². The molecule has 1 aromatic carbocycles. The average molecular weight is 277 g/mol. The van der Waals surface area contributed by atoms with Crippen LogP contribution < -0.4 is 5.32 Å². The van der Waals surface area contributed by atoms with Gasteiger partial charge in [-0.2, -0.15) is 0 Å². The number of halogens is 3. The Morgan fingerprint density at radius 3 is 2.53 bits per heavy atom. The van der Waals surface area contributed by atoms with Crippen LogP contribution in [0.1, 0.15) is 4.88 Å². The molecule has 7 heteroatoms. The number of nitrogens with one attached hydrogen (secondary N) is 1. The number of phenolic OH excluding ortho intramolecular Hbond substituents is 1. The monoisotopic (exact) mass is 276 g/mol. The first-order valence-electron chi connectivity index (χ1n) is 4.58. The molecule has 90 valence electrons. The molecule has 0 aliphatic carbocycles. The van der Waals surface area contributed by atoms with Crippen molar-refractivity contribution in [3.63, 3.8) is 0 Å². The van der Waals surface area contributed by atoms with Crippen LogP contribution in [0.4, 0.5) is 14.5 Å². The Morgan fingerprint density at radius 2 is 2.00 bits per heavy atom. The molecule has 0 unspecified atom stereocenters. The highest BCUT2D eigenvalue weighted by atomic mass is 35.5. The fraction of sp³-hybridized carbons (Fsp3) is 0.100. The van der Waals surface area contributed by atoms with E-state index in [1.165, 1.54) is 11.3 Å². The standard InChI is InChI=1S/C10H7ClF2N2OS/c11-10-15-4-6(17-10)3-14-5-1-7(12)9(16)8(13)2-5/h1-2,4,14,16H,3H2. The van der Waals surface area contributed by atoms with Crippen molar-refractivity contribution in [3.05, 3.63) is 39.3 Å². The zero-order chi connectivity index (χ0) is 12.4. The molecule has 2 N–H and O–H groups in total. The van der Waals surface area contributed by atoms with Crippen molar-refractivity contribution in [2.75, 3.05) is 5.32 Å². The Hall–Kier alpha value is -1.40. The van der Waals surface area contributed by atoms with E-state index < -0.39 is 17.4 Å². The maximum atomic E-state index is 13.0. The average Bonchev–Trinajstić information content (AvgIpc) is 2.69. The quantitative estimate of drug-likeness (QED) is 0.845. The van der Waals surface area contributed by atoms with E-state index in [1.54, 1.807) is 6.20 Å². The van der Waals surface area contributed by atoms with Crippen LogP contribution in [0.3, 0.4) is 0 Å². The van der Waals surface area contributed by atoms with Gasteiger partial charge < -0.3 is 10.4 Å². The Balaban J connectivity index is 2.09.